The average molecular weight is 530 g/mol. The van der Waals surface area contributed by atoms with Crippen LogP contribution in [0.5, 0.6) is 11.5 Å². The first-order valence-corrected chi connectivity index (χ1v) is 14.6. The summed E-state index contributed by atoms with van der Waals surface area (Å²) in [7, 11) is 0. The van der Waals surface area contributed by atoms with Gasteiger partial charge in [0.1, 0.15) is 23.5 Å². The van der Waals surface area contributed by atoms with Crippen LogP contribution < -0.4 is 9.47 Å². The maximum atomic E-state index is 12.6. The SMILES string of the molecule is O=C(C1CCCO1)N1CCC(Oc2ccc(-c3ccc4cccnc4c3OCCCN3CCCC3)cc2)CC1. The first kappa shape index (κ1) is 26.1. The van der Waals surface area contributed by atoms with Crippen molar-refractivity contribution in [3.63, 3.8) is 0 Å². The third-order valence-corrected chi connectivity index (χ3v) is 8.22. The number of amides is 1. The number of likely N-dealkylation sites (tertiary alicyclic amines) is 2. The Hall–Kier alpha value is -3.16. The van der Waals surface area contributed by atoms with Crippen molar-refractivity contribution in [3.05, 3.63) is 54.7 Å². The summed E-state index contributed by atoms with van der Waals surface area (Å²) in [4.78, 5) is 21.8. The zero-order valence-electron chi connectivity index (χ0n) is 22.7. The van der Waals surface area contributed by atoms with Crippen LogP contribution in [0.3, 0.4) is 0 Å². The average Bonchev–Trinajstić information content (AvgIpc) is 3.71. The maximum absolute atomic E-state index is 12.6. The summed E-state index contributed by atoms with van der Waals surface area (Å²) in [5.41, 5.74) is 3.04. The second-order valence-corrected chi connectivity index (χ2v) is 10.9. The fourth-order valence-electron chi connectivity index (χ4n) is 6.04. The first-order valence-electron chi connectivity index (χ1n) is 14.6. The number of fused-ring (bicyclic) bond motifs is 1. The second kappa shape index (κ2) is 12.3. The van der Waals surface area contributed by atoms with Gasteiger partial charge in [-0.1, -0.05) is 24.3 Å². The highest BCUT2D eigenvalue weighted by atomic mass is 16.5. The fraction of sp³-hybridized carbons (Fsp3) is 0.500. The van der Waals surface area contributed by atoms with E-state index in [0.29, 0.717) is 13.2 Å². The largest absolute Gasteiger partial charge is 0.491 e. The summed E-state index contributed by atoms with van der Waals surface area (Å²) in [5.74, 6) is 1.86. The molecule has 2 aromatic carbocycles. The van der Waals surface area contributed by atoms with Crippen LogP contribution in [0.15, 0.2) is 54.7 Å². The number of benzene rings is 2. The number of pyridine rings is 1. The molecular weight excluding hydrogens is 490 g/mol. The maximum Gasteiger partial charge on any atom is 0.251 e. The predicted octanol–water partition coefficient (Wildman–Crippen LogP) is 5.32. The lowest BCUT2D eigenvalue weighted by Crippen LogP contribution is -2.45. The van der Waals surface area contributed by atoms with E-state index in [9.17, 15) is 4.79 Å². The second-order valence-electron chi connectivity index (χ2n) is 10.9. The normalized spacial score (nSPS) is 20.5. The number of aromatic nitrogens is 1. The van der Waals surface area contributed by atoms with Gasteiger partial charge in [0, 0.05) is 56.2 Å². The minimum absolute atomic E-state index is 0.115. The Morgan fingerprint density at radius 1 is 0.949 bits per heavy atom. The highest BCUT2D eigenvalue weighted by molar-refractivity contribution is 5.92. The molecule has 3 aromatic rings. The molecule has 206 valence electrons. The zero-order chi connectivity index (χ0) is 26.4. The number of carbonyl (C=O) groups is 1. The molecule has 1 unspecified atom stereocenters. The third kappa shape index (κ3) is 6.20. The fourth-order valence-corrected chi connectivity index (χ4v) is 6.04. The van der Waals surface area contributed by atoms with E-state index in [1.807, 2.05) is 29.3 Å². The number of piperidine rings is 1. The van der Waals surface area contributed by atoms with Gasteiger partial charge in [0.15, 0.2) is 5.75 Å². The van der Waals surface area contributed by atoms with Gasteiger partial charge in [-0.2, -0.15) is 0 Å². The van der Waals surface area contributed by atoms with E-state index in [1.54, 1.807) is 0 Å². The molecule has 0 spiro atoms. The van der Waals surface area contributed by atoms with Gasteiger partial charge < -0.3 is 24.0 Å². The Labute approximate surface area is 231 Å². The Morgan fingerprint density at radius 3 is 2.54 bits per heavy atom. The van der Waals surface area contributed by atoms with Crippen molar-refractivity contribution in [1.29, 1.82) is 0 Å². The van der Waals surface area contributed by atoms with Crippen LogP contribution in [0.4, 0.5) is 0 Å². The van der Waals surface area contributed by atoms with Crippen molar-refractivity contribution in [1.82, 2.24) is 14.8 Å². The quantitative estimate of drug-likeness (QED) is 0.350. The number of rotatable bonds is 9. The number of hydrogen-bond acceptors (Lipinski definition) is 6. The lowest BCUT2D eigenvalue weighted by Gasteiger charge is -2.33. The number of hydrogen-bond donors (Lipinski definition) is 0. The van der Waals surface area contributed by atoms with Gasteiger partial charge in [-0.15, -0.1) is 0 Å². The standard InChI is InChI=1S/C32H39N3O4/c36-32(29-7-4-22-37-29)35-20-14-27(15-21-35)39-26-11-8-24(9-12-26)28-13-10-25-6-3-16-33-30(25)31(28)38-23-5-19-34-17-1-2-18-34/h3,6,8-13,16,27,29H,1-2,4-5,7,14-15,17-23H2. The summed E-state index contributed by atoms with van der Waals surface area (Å²) in [5, 5.41) is 1.08. The van der Waals surface area contributed by atoms with Gasteiger partial charge >= 0.3 is 0 Å². The summed E-state index contributed by atoms with van der Waals surface area (Å²) in [6.45, 7) is 6.34. The van der Waals surface area contributed by atoms with Crippen molar-refractivity contribution < 1.29 is 19.0 Å². The van der Waals surface area contributed by atoms with Crippen LogP contribution in [-0.2, 0) is 9.53 Å². The summed E-state index contributed by atoms with van der Waals surface area (Å²) >= 11 is 0. The van der Waals surface area contributed by atoms with Gasteiger partial charge in [0.05, 0.1) is 6.61 Å². The van der Waals surface area contributed by atoms with Gasteiger partial charge in [-0.25, -0.2) is 0 Å². The van der Waals surface area contributed by atoms with E-state index in [2.05, 4.69) is 40.2 Å². The van der Waals surface area contributed by atoms with Crippen LogP contribution in [0.25, 0.3) is 22.0 Å². The lowest BCUT2D eigenvalue weighted by molar-refractivity contribution is -0.142. The van der Waals surface area contributed by atoms with Crippen LogP contribution in [-0.4, -0.2) is 78.8 Å². The van der Waals surface area contributed by atoms with Crippen molar-refractivity contribution in [3.8, 4) is 22.6 Å². The van der Waals surface area contributed by atoms with E-state index in [-0.39, 0.29) is 18.1 Å². The third-order valence-electron chi connectivity index (χ3n) is 8.22. The molecule has 1 aromatic heterocycles. The molecule has 0 radical (unpaired) electrons. The van der Waals surface area contributed by atoms with Gasteiger partial charge in [0.25, 0.3) is 5.91 Å². The van der Waals surface area contributed by atoms with Crippen LogP contribution in [0.2, 0.25) is 0 Å². The van der Waals surface area contributed by atoms with Gasteiger partial charge in [-0.3, -0.25) is 9.78 Å². The first-order chi connectivity index (χ1) is 19.2. The summed E-state index contributed by atoms with van der Waals surface area (Å²) in [6.07, 6.45) is 8.85. The minimum Gasteiger partial charge on any atom is -0.491 e. The van der Waals surface area contributed by atoms with E-state index >= 15 is 0 Å². The Kier molecular flexibility index (Phi) is 8.26. The molecular formula is C32H39N3O4. The van der Waals surface area contributed by atoms with Crippen molar-refractivity contribution in [2.24, 2.45) is 0 Å². The summed E-state index contributed by atoms with van der Waals surface area (Å²) in [6, 6.07) is 16.6. The Morgan fingerprint density at radius 2 is 1.77 bits per heavy atom. The molecule has 3 aliphatic heterocycles. The van der Waals surface area contributed by atoms with Crippen molar-refractivity contribution >= 4 is 16.8 Å². The van der Waals surface area contributed by atoms with E-state index < -0.39 is 0 Å². The highest BCUT2D eigenvalue weighted by Gasteiger charge is 2.31. The smallest absolute Gasteiger partial charge is 0.251 e. The number of carbonyl (C=O) groups excluding carboxylic acids is 1. The Bertz CT molecular complexity index is 1240. The van der Waals surface area contributed by atoms with Crippen molar-refractivity contribution in [2.45, 2.75) is 57.2 Å². The number of nitrogens with zero attached hydrogens (tertiary/aromatic N) is 3. The van der Waals surface area contributed by atoms with Crippen LogP contribution >= 0.6 is 0 Å². The predicted molar refractivity (Wildman–Crippen MR) is 152 cm³/mol. The molecule has 4 heterocycles. The Balaban J connectivity index is 1.09. The molecule has 3 fully saturated rings. The monoisotopic (exact) mass is 529 g/mol. The number of ether oxygens (including phenoxy) is 3. The minimum atomic E-state index is -0.237. The zero-order valence-corrected chi connectivity index (χ0v) is 22.7. The topological polar surface area (TPSA) is 64.1 Å². The highest BCUT2D eigenvalue weighted by Crippen LogP contribution is 2.37. The van der Waals surface area contributed by atoms with Crippen LogP contribution in [0.1, 0.15) is 44.9 Å². The molecule has 7 heteroatoms. The molecule has 0 aliphatic carbocycles. The summed E-state index contributed by atoms with van der Waals surface area (Å²) < 4.78 is 18.3. The molecule has 0 bridgehead atoms. The molecule has 1 amide bonds. The molecule has 1 atom stereocenters. The molecule has 3 aliphatic rings. The molecule has 7 nitrogen and oxygen atoms in total. The van der Waals surface area contributed by atoms with Gasteiger partial charge in [-0.05, 0) is 75.0 Å². The molecule has 0 saturated carbocycles. The molecule has 0 N–H and O–H groups in total. The van der Waals surface area contributed by atoms with E-state index in [4.69, 9.17) is 14.2 Å². The lowest BCUT2D eigenvalue weighted by atomic mass is 10.0. The van der Waals surface area contributed by atoms with E-state index in [1.165, 1.54) is 25.9 Å². The molecule has 6 rings (SSSR count). The van der Waals surface area contributed by atoms with Crippen molar-refractivity contribution in [2.75, 3.05) is 45.9 Å². The molecule has 3 saturated heterocycles. The van der Waals surface area contributed by atoms with E-state index in [0.717, 1.165) is 85.3 Å². The van der Waals surface area contributed by atoms with Crippen LogP contribution in [0, 0.1) is 0 Å². The van der Waals surface area contributed by atoms with Gasteiger partial charge in [0.2, 0.25) is 0 Å². The molecule has 39 heavy (non-hydrogen) atoms.